The lowest BCUT2D eigenvalue weighted by atomic mass is 10.2. The van der Waals surface area contributed by atoms with Gasteiger partial charge in [0.1, 0.15) is 0 Å². The molecule has 6 nitrogen and oxygen atoms in total. The van der Waals surface area contributed by atoms with Gasteiger partial charge in [0.2, 0.25) is 10.0 Å². The van der Waals surface area contributed by atoms with Gasteiger partial charge in [0.05, 0.1) is 11.7 Å². The minimum Gasteiger partial charge on any atom is -0.481 e. The van der Waals surface area contributed by atoms with E-state index in [9.17, 15) is 13.2 Å². The molecule has 16 heavy (non-hydrogen) atoms. The maximum absolute atomic E-state index is 12.0. The summed E-state index contributed by atoms with van der Waals surface area (Å²) in [6.45, 7) is 0.933. The van der Waals surface area contributed by atoms with Crippen LogP contribution in [0.2, 0.25) is 0 Å². The number of rotatable bonds is 5. The van der Waals surface area contributed by atoms with E-state index < -0.39 is 21.2 Å². The van der Waals surface area contributed by atoms with E-state index in [0.717, 1.165) is 4.31 Å². The maximum atomic E-state index is 12.0. The second kappa shape index (κ2) is 5.60. The van der Waals surface area contributed by atoms with Gasteiger partial charge in [-0.25, -0.2) is 12.7 Å². The predicted molar refractivity (Wildman–Crippen MR) is 57.6 cm³/mol. The zero-order valence-electron chi connectivity index (χ0n) is 9.26. The van der Waals surface area contributed by atoms with Crippen LogP contribution in [0.1, 0.15) is 19.3 Å². The topological polar surface area (TPSA) is 83.9 Å². The van der Waals surface area contributed by atoms with Gasteiger partial charge in [-0.05, 0) is 12.8 Å². The van der Waals surface area contributed by atoms with Crippen LogP contribution in [0.3, 0.4) is 0 Å². The van der Waals surface area contributed by atoms with Crippen LogP contribution in [0.25, 0.3) is 0 Å². The number of carboxylic acids is 1. The summed E-state index contributed by atoms with van der Waals surface area (Å²) in [5.41, 5.74) is 0. The van der Waals surface area contributed by atoms with Crippen molar-refractivity contribution in [2.75, 3.05) is 26.8 Å². The molecule has 1 saturated heterocycles. The molecule has 0 amide bonds. The number of carbonyl (C=O) groups is 1. The minimum absolute atomic E-state index is 0.0228. The monoisotopic (exact) mass is 251 g/mol. The van der Waals surface area contributed by atoms with E-state index in [1.54, 1.807) is 0 Å². The fraction of sp³-hybridized carbons (Fsp3) is 0.889. The van der Waals surface area contributed by atoms with E-state index in [2.05, 4.69) is 0 Å². The summed E-state index contributed by atoms with van der Waals surface area (Å²) in [5.74, 6) is -0.992. The fourth-order valence-corrected chi connectivity index (χ4v) is 3.25. The molecule has 0 aromatic carbocycles. The molecule has 1 rings (SSSR count). The third kappa shape index (κ3) is 3.43. The Morgan fingerprint density at radius 2 is 2.00 bits per heavy atom. The quantitative estimate of drug-likeness (QED) is 0.737. The van der Waals surface area contributed by atoms with Crippen LogP contribution in [-0.4, -0.2) is 55.9 Å². The molecular weight excluding hydrogens is 234 g/mol. The van der Waals surface area contributed by atoms with Crippen molar-refractivity contribution < 1.29 is 23.1 Å². The largest absolute Gasteiger partial charge is 0.481 e. The minimum atomic E-state index is -3.37. The molecule has 1 aliphatic heterocycles. The van der Waals surface area contributed by atoms with Gasteiger partial charge >= 0.3 is 5.97 Å². The van der Waals surface area contributed by atoms with Crippen molar-refractivity contribution >= 4 is 16.0 Å². The number of ether oxygens (including phenoxy) is 1. The molecule has 0 bridgehead atoms. The molecule has 1 aliphatic rings. The third-order valence-corrected chi connectivity index (χ3v) is 5.03. The lowest BCUT2D eigenvalue weighted by molar-refractivity contribution is -0.137. The molecule has 0 radical (unpaired) electrons. The molecule has 1 heterocycles. The Balaban J connectivity index is 2.57. The van der Waals surface area contributed by atoms with Gasteiger partial charge < -0.3 is 9.84 Å². The Morgan fingerprint density at radius 3 is 2.50 bits per heavy atom. The molecule has 0 unspecified atom stereocenters. The molecule has 0 saturated carbocycles. The Kier molecular flexibility index (Phi) is 4.69. The molecule has 94 valence electrons. The first-order valence-corrected chi connectivity index (χ1v) is 6.69. The molecule has 0 aliphatic carbocycles. The Bertz CT molecular complexity index is 334. The lowest BCUT2D eigenvalue weighted by Crippen LogP contribution is -2.40. The van der Waals surface area contributed by atoms with Gasteiger partial charge in [0.25, 0.3) is 0 Å². The van der Waals surface area contributed by atoms with Crippen LogP contribution in [0.15, 0.2) is 0 Å². The standard InChI is InChI=1S/C9H17NO5S/c1-10(5-2-9(11)12)16(13,14)8-3-6-15-7-4-8/h8H,2-7H2,1H3,(H,11,12). The van der Waals surface area contributed by atoms with Crippen molar-refractivity contribution in [3.63, 3.8) is 0 Å². The summed E-state index contributed by atoms with van der Waals surface area (Å²) in [6, 6.07) is 0. The summed E-state index contributed by atoms with van der Waals surface area (Å²) in [7, 11) is -1.94. The average molecular weight is 251 g/mol. The van der Waals surface area contributed by atoms with E-state index in [0.29, 0.717) is 26.1 Å². The molecule has 1 fully saturated rings. The Hall–Kier alpha value is -0.660. The zero-order chi connectivity index (χ0) is 12.2. The van der Waals surface area contributed by atoms with Crippen LogP contribution in [0.5, 0.6) is 0 Å². The number of sulfonamides is 1. The second-order valence-electron chi connectivity index (χ2n) is 3.82. The number of nitrogens with zero attached hydrogens (tertiary/aromatic N) is 1. The summed E-state index contributed by atoms with van der Waals surface area (Å²) < 4.78 is 30.2. The highest BCUT2D eigenvalue weighted by atomic mass is 32.2. The summed E-state index contributed by atoms with van der Waals surface area (Å²) in [6.07, 6.45) is 0.804. The smallest absolute Gasteiger partial charge is 0.304 e. The highest BCUT2D eigenvalue weighted by Crippen LogP contribution is 2.18. The fourth-order valence-electron chi connectivity index (χ4n) is 1.61. The number of carboxylic acid groups (broad SMARTS) is 1. The molecule has 0 atom stereocenters. The van der Waals surface area contributed by atoms with E-state index in [4.69, 9.17) is 9.84 Å². The molecule has 0 spiro atoms. The third-order valence-electron chi connectivity index (χ3n) is 2.66. The molecule has 1 N–H and O–H groups in total. The van der Waals surface area contributed by atoms with Crippen molar-refractivity contribution in [1.82, 2.24) is 4.31 Å². The molecular formula is C9H17NO5S. The zero-order valence-corrected chi connectivity index (χ0v) is 10.1. The van der Waals surface area contributed by atoms with E-state index in [-0.39, 0.29) is 13.0 Å². The number of hydrogen-bond acceptors (Lipinski definition) is 4. The SMILES string of the molecule is CN(CCC(=O)O)S(=O)(=O)C1CCOCC1. The van der Waals surface area contributed by atoms with E-state index in [1.165, 1.54) is 7.05 Å². The van der Waals surface area contributed by atoms with Gasteiger partial charge in [-0.1, -0.05) is 0 Å². The number of aliphatic carboxylic acids is 1. The van der Waals surface area contributed by atoms with E-state index >= 15 is 0 Å². The molecule has 0 aromatic rings. The van der Waals surface area contributed by atoms with Crippen LogP contribution in [-0.2, 0) is 19.6 Å². The van der Waals surface area contributed by atoms with Gasteiger partial charge in [0, 0.05) is 26.8 Å². The maximum Gasteiger partial charge on any atom is 0.304 e. The van der Waals surface area contributed by atoms with E-state index in [1.807, 2.05) is 0 Å². The summed E-state index contributed by atoms with van der Waals surface area (Å²) >= 11 is 0. The van der Waals surface area contributed by atoms with Crippen molar-refractivity contribution in [1.29, 1.82) is 0 Å². The Labute approximate surface area is 95.2 Å². The van der Waals surface area contributed by atoms with Crippen molar-refractivity contribution in [3.8, 4) is 0 Å². The second-order valence-corrected chi connectivity index (χ2v) is 6.14. The normalized spacial score (nSPS) is 18.9. The van der Waals surface area contributed by atoms with Gasteiger partial charge in [0.15, 0.2) is 0 Å². The highest BCUT2D eigenvalue weighted by Gasteiger charge is 2.31. The summed E-state index contributed by atoms with van der Waals surface area (Å²) in [4.78, 5) is 10.4. The lowest BCUT2D eigenvalue weighted by Gasteiger charge is -2.26. The van der Waals surface area contributed by atoms with Crippen LogP contribution < -0.4 is 0 Å². The predicted octanol–water partition coefficient (Wildman–Crippen LogP) is -0.0983. The van der Waals surface area contributed by atoms with Gasteiger partial charge in [-0.15, -0.1) is 0 Å². The van der Waals surface area contributed by atoms with Crippen molar-refractivity contribution in [2.24, 2.45) is 0 Å². The van der Waals surface area contributed by atoms with Crippen LogP contribution in [0.4, 0.5) is 0 Å². The average Bonchev–Trinajstić information content (AvgIpc) is 2.27. The van der Waals surface area contributed by atoms with Gasteiger partial charge in [-0.2, -0.15) is 0 Å². The van der Waals surface area contributed by atoms with Crippen LogP contribution in [0, 0.1) is 0 Å². The molecule has 7 heteroatoms. The first-order valence-electron chi connectivity index (χ1n) is 5.19. The first kappa shape index (κ1) is 13.4. The summed E-state index contributed by atoms with van der Waals surface area (Å²) in [5, 5.41) is 8.07. The number of hydrogen-bond donors (Lipinski definition) is 1. The Morgan fingerprint density at radius 1 is 1.44 bits per heavy atom. The molecule has 0 aromatic heterocycles. The first-order chi connectivity index (χ1) is 7.44. The van der Waals surface area contributed by atoms with Crippen molar-refractivity contribution in [3.05, 3.63) is 0 Å². The van der Waals surface area contributed by atoms with Crippen molar-refractivity contribution in [2.45, 2.75) is 24.5 Å². The highest BCUT2D eigenvalue weighted by molar-refractivity contribution is 7.89. The van der Waals surface area contributed by atoms with Crippen LogP contribution >= 0.6 is 0 Å². The van der Waals surface area contributed by atoms with Gasteiger partial charge in [-0.3, -0.25) is 4.79 Å².